The molecule has 0 spiro atoms. The lowest BCUT2D eigenvalue weighted by Crippen LogP contribution is -1.98. The fourth-order valence-corrected chi connectivity index (χ4v) is 2.94. The van der Waals surface area contributed by atoms with Crippen molar-refractivity contribution in [2.45, 2.75) is 6.92 Å². The van der Waals surface area contributed by atoms with E-state index in [4.69, 9.17) is 4.74 Å². The van der Waals surface area contributed by atoms with E-state index in [-0.39, 0.29) is 0 Å². The summed E-state index contributed by atoms with van der Waals surface area (Å²) in [5.74, 6) is 1.38. The highest BCUT2D eigenvalue weighted by atomic mass is 79.9. The van der Waals surface area contributed by atoms with Gasteiger partial charge in [-0.2, -0.15) is 0 Å². The summed E-state index contributed by atoms with van der Waals surface area (Å²) in [6.45, 7) is 1.93. The molecular weight excluding hydrogens is 358 g/mol. The average molecular weight is 370 g/mol. The highest BCUT2D eigenvalue weighted by molar-refractivity contribution is 9.10. The molecule has 0 fully saturated rings. The van der Waals surface area contributed by atoms with E-state index < -0.39 is 0 Å². The molecule has 0 aliphatic rings. The van der Waals surface area contributed by atoms with Gasteiger partial charge in [0.1, 0.15) is 5.75 Å². The largest absolute Gasteiger partial charge is 0.495 e. The number of hydrogen-bond acceptors (Lipinski definition) is 5. The Morgan fingerprint density at radius 2 is 2.00 bits per heavy atom. The van der Waals surface area contributed by atoms with Gasteiger partial charge in [-0.05, 0) is 31.2 Å². The van der Waals surface area contributed by atoms with Crippen LogP contribution < -0.4 is 4.74 Å². The Morgan fingerprint density at radius 1 is 1.13 bits per heavy atom. The maximum absolute atomic E-state index is 5.26. The first-order valence-electron chi connectivity index (χ1n) is 6.98. The van der Waals surface area contributed by atoms with Crippen LogP contribution in [0.5, 0.6) is 5.75 Å². The van der Waals surface area contributed by atoms with Crippen LogP contribution in [0.4, 0.5) is 0 Å². The van der Waals surface area contributed by atoms with Crippen molar-refractivity contribution in [3.05, 3.63) is 46.8 Å². The van der Waals surface area contributed by atoms with Crippen LogP contribution in [0.3, 0.4) is 0 Å². The maximum atomic E-state index is 5.26. The SMILES string of the molecule is COc1cncc(-c2nnc3c(C)nc4ccc(Br)cc4n23)c1. The minimum Gasteiger partial charge on any atom is -0.495 e. The minimum atomic E-state index is 0.676. The molecule has 0 saturated heterocycles. The summed E-state index contributed by atoms with van der Waals surface area (Å²) in [6.07, 6.45) is 3.41. The van der Waals surface area contributed by atoms with Gasteiger partial charge in [-0.3, -0.25) is 9.38 Å². The lowest BCUT2D eigenvalue weighted by molar-refractivity contribution is 0.413. The van der Waals surface area contributed by atoms with Crippen LogP contribution >= 0.6 is 15.9 Å². The number of aromatic nitrogens is 5. The third-order valence-electron chi connectivity index (χ3n) is 3.66. The number of nitrogens with zero attached hydrogens (tertiary/aromatic N) is 5. The van der Waals surface area contributed by atoms with Crippen molar-refractivity contribution in [3.63, 3.8) is 0 Å². The minimum absolute atomic E-state index is 0.676. The molecule has 1 aromatic carbocycles. The van der Waals surface area contributed by atoms with E-state index in [2.05, 4.69) is 36.1 Å². The molecule has 4 aromatic rings. The number of ether oxygens (including phenoxy) is 1. The fourth-order valence-electron chi connectivity index (χ4n) is 2.59. The Hall–Kier alpha value is -2.54. The zero-order valence-corrected chi connectivity index (χ0v) is 14.1. The second-order valence-corrected chi connectivity index (χ2v) is 6.04. The third-order valence-corrected chi connectivity index (χ3v) is 4.15. The number of rotatable bonds is 2. The molecule has 0 aliphatic carbocycles. The summed E-state index contributed by atoms with van der Waals surface area (Å²) >= 11 is 3.51. The average Bonchev–Trinajstić information content (AvgIpc) is 3.02. The second kappa shape index (κ2) is 5.27. The number of benzene rings is 1. The first kappa shape index (κ1) is 14.1. The highest BCUT2D eigenvalue weighted by Crippen LogP contribution is 2.27. The summed E-state index contributed by atoms with van der Waals surface area (Å²) in [4.78, 5) is 8.81. The van der Waals surface area contributed by atoms with Crippen LogP contribution in [0.25, 0.3) is 28.1 Å². The molecule has 0 atom stereocenters. The lowest BCUT2D eigenvalue weighted by Gasteiger charge is -2.07. The van der Waals surface area contributed by atoms with Crippen LogP contribution in [0.15, 0.2) is 41.1 Å². The van der Waals surface area contributed by atoms with E-state index in [0.717, 1.165) is 32.4 Å². The Labute approximate surface area is 140 Å². The van der Waals surface area contributed by atoms with E-state index >= 15 is 0 Å². The summed E-state index contributed by atoms with van der Waals surface area (Å²) in [6, 6.07) is 7.84. The number of fused-ring (bicyclic) bond motifs is 3. The Kier molecular flexibility index (Phi) is 3.23. The number of halogens is 1. The van der Waals surface area contributed by atoms with E-state index in [1.165, 1.54) is 0 Å². The van der Waals surface area contributed by atoms with Gasteiger partial charge in [0.25, 0.3) is 0 Å². The zero-order chi connectivity index (χ0) is 16.0. The van der Waals surface area contributed by atoms with Gasteiger partial charge < -0.3 is 4.74 Å². The number of hydrogen-bond donors (Lipinski definition) is 0. The Morgan fingerprint density at radius 3 is 2.83 bits per heavy atom. The van der Waals surface area contributed by atoms with E-state index in [1.54, 1.807) is 19.5 Å². The van der Waals surface area contributed by atoms with Crippen molar-refractivity contribution in [2.75, 3.05) is 7.11 Å². The maximum Gasteiger partial charge on any atom is 0.183 e. The van der Waals surface area contributed by atoms with Crippen LogP contribution in [0, 0.1) is 6.92 Å². The summed E-state index contributed by atoms with van der Waals surface area (Å²) in [5, 5.41) is 8.64. The third kappa shape index (κ3) is 2.24. The van der Waals surface area contributed by atoms with E-state index in [1.807, 2.05) is 35.6 Å². The molecule has 6 nitrogen and oxygen atoms in total. The van der Waals surface area contributed by atoms with Gasteiger partial charge in [0.05, 0.1) is 30.0 Å². The van der Waals surface area contributed by atoms with Crippen molar-refractivity contribution in [2.24, 2.45) is 0 Å². The Balaban J connectivity index is 2.11. The van der Waals surface area contributed by atoms with E-state index in [9.17, 15) is 0 Å². The topological polar surface area (TPSA) is 65.2 Å². The van der Waals surface area contributed by atoms with Crippen LogP contribution in [-0.4, -0.2) is 31.7 Å². The van der Waals surface area contributed by atoms with Gasteiger partial charge in [-0.1, -0.05) is 15.9 Å². The summed E-state index contributed by atoms with van der Waals surface area (Å²) in [5.41, 5.74) is 4.21. The second-order valence-electron chi connectivity index (χ2n) is 5.13. The van der Waals surface area contributed by atoms with Gasteiger partial charge in [0.15, 0.2) is 11.5 Å². The molecule has 3 aromatic heterocycles. The molecule has 4 rings (SSSR count). The molecule has 0 aliphatic heterocycles. The van der Waals surface area contributed by atoms with E-state index in [0.29, 0.717) is 11.6 Å². The molecule has 0 radical (unpaired) electrons. The molecular formula is C16H12BrN5O. The number of aryl methyl sites for hydroxylation is 1. The molecule has 0 saturated carbocycles. The summed E-state index contributed by atoms with van der Waals surface area (Å²) in [7, 11) is 1.61. The van der Waals surface area contributed by atoms with Gasteiger partial charge in [-0.15, -0.1) is 10.2 Å². The van der Waals surface area contributed by atoms with Crippen molar-refractivity contribution in [1.82, 2.24) is 24.6 Å². The van der Waals surface area contributed by atoms with Gasteiger partial charge >= 0.3 is 0 Å². The Bertz CT molecular complexity index is 1040. The predicted molar refractivity (Wildman–Crippen MR) is 90.5 cm³/mol. The molecule has 23 heavy (non-hydrogen) atoms. The van der Waals surface area contributed by atoms with Crippen molar-refractivity contribution in [3.8, 4) is 17.1 Å². The van der Waals surface area contributed by atoms with Crippen LogP contribution in [0.2, 0.25) is 0 Å². The molecule has 3 heterocycles. The fraction of sp³-hybridized carbons (Fsp3) is 0.125. The normalized spacial score (nSPS) is 11.3. The van der Waals surface area contributed by atoms with Crippen molar-refractivity contribution in [1.29, 1.82) is 0 Å². The van der Waals surface area contributed by atoms with Gasteiger partial charge in [0.2, 0.25) is 0 Å². The predicted octanol–water partition coefficient (Wildman–Crippen LogP) is 3.42. The molecule has 0 bridgehead atoms. The first-order chi connectivity index (χ1) is 11.2. The number of pyridine rings is 1. The van der Waals surface area contributed by atoms with Crippen molar-refractivity contribution < 1.29 is 4.74 Å². The molecule has 114 valence electrons. The summed E-state index contributed by atoms with van der Waals surface area (Å²) < 4.78 is 8.23. The van der Waals surface area contributed by atoms with Gasteiger partial charge in [-0.25, -0.2) is 4.98 Å². The van der Waals surface area contributed by atoms with Crippen LogP contribution in [-0.2, 0) is 0 Å². The smallest absolute Gasteiger partial charge is 0.183 e. The molecule has 0 unspecified atom stereocenters. The quantitative estimate of drug-likeness (QED) is 0.541. The standard InChI is InChI=1S/C16H12BrN5O/c1-9-15-20-21-16(10-5-12(23-2)8-18-7-10)22(15)14-6-11(17)3-4-13(14)19-9/h3-8H,1-2H3. The molecule has 0 amide bonds. The van der Waals surface area contributed by atoms with Gasteiger partial charge in [0, 0.05) is 16.2 Å². The monoisotopic (exact) mass is 369 g/mol. The molecule has 0 N–H and O–H groups in total. The molecule has 7 heteroatoms. The highest BCUT2D eigenvalue weighted by Gasteiger charge is 2.15. The number of methoxy groups -OCH3 is 1. The first-order valence-corrected chi connectivity index (χ1v) is 7.77. The lowest BCUT2D eigenvalue weighted by atomic mass is 10.2. The van der Waals surface area contributed by atoms with Crippen molar-refractivity contribution >= 4 is 32.6 Å². The zero-order valence-electron chi connectivity index (χ0n) is 12.5. The van der Waals surface area contributed by atoms with Crippen LogP contribution in [0.1, 0.15) is 5.69 Å².